The number of carbonyl (C=O) groups excluding carboxylic acids is 1. The van der Waals surface area contributed by atoms with E-state index in [2.05, 4.69) is 25.6 Å². The molecule has 36 heavy (non-hydrogen) atoms. The molecule has 2 amide bonds. The van der Waals surface area contributed by atoms with Crippen molar-refractivity contribution in [1.29, 1.82) is 0 Å². The number of carbonyl (C=O) groups is 1. The van der Waals surface area contributed by atoms with E-state index in [9.17, 15) is 31.1 Å². The second-order valence-corrected chi connectivity index (χ2v) is 7.43. The van der Waals surface area contributed by atoms with Crippen LogP contribution in [-0.2, 0) is 12.4 Å². The number of H-pyrrole nitrogens is 1. The van der Waals surface area contributed by atoms with Crippen LogP contribution in [0.25, 0.3) is 11.4 Å². The summed E-state index contributed by atoms with van der Waals surface area (Å²) in [5, 5.41) is 7.34. The highest BCUT2D eigenvalue weighted by Gasteiger charge is 2.37. The molecule has 4 aromatic rings. The first-order valence-corrected chi connectivity index (χ1v) is 10.2. The largest absolute Gasteiger partial charge is 0.416 e. The Labute approximate surface area is 199 Å². The number of amides is 2. The van der Waals surface area contributed by atoms with E-state index in [-0.39, 0.29) is 17.7 Å². The molecule has 186 valence electrons. The molecule has 0 aliphatic heterocycles. The normalized spacial score (nSPS) is 11.7. The van der Waals surface area contributed by atoms with Crippen LogP contribution in [0.3, 0.4) is 0 Å². The highest BCUT2D eigenvalue weighted by Crippen LogP contribution is 2.37. The highest BCUT2D eigenvalue weighted by molar-refractivity contribution is 6.00. The Morgan fingerprint density at radius 2 is 1.44 bits per heavy atom. The van der Waals surface area contributed by atoms with Gasteiger partial charge in [-0.05, 0) is 54.6 Å². The predicted molar refractivity (Wildman–Crippen MR) is 121 cm³/mol. The second-order valence-electron chi connectivity index (χ2n) is 7.43. The monoisotopic (exact) mass is 506 g/mol. The molecule has 4 N–H and O–H groups in total. The van der Waals surface area contributed by atoms with E-state index in [0.29, 0.717) is 23.5 Å². The Bertz CT molecular complexity index is 1340. The van der Waals surface area contributed by atoms with Crippen LogP contribution in [0.1, 0.15) is 11.1 Å². The third kappa shape index (κ3) is 6.11. The fourth-order valence-corrected chi connectivity index (χ4v) is 3.18. The molecule has 4 rings (SSSR count). The minimum Gasteiger partial charge on any atom is -0.360 e. The van der Waals surface area contributed by atoms with Gasteiger partial charge in [0.15, 0.2) is 0 Å². The number of nitrogens with one attached hydrogen (secondary N) is 4. The Morgan fingerprint density at radius 1 is 0.778 bits per heavy atom. The summed E-state index contributed by atoms with van der Waals surface area (Å²) in [4.78, 5) is 23.8. The van der Waals surface area contributed by atoms with Crippen LogP contribution in [0, 0.1) is 0 Å². The van der Waals surface area contributed by atoms with E-state index in [1.165, 1.54) is 12.1 Å². The molecule has 13 heteroatoms. The first kappa shape index (κ1) is 24.6. The highest BCUT2D eigenvalue weighted by atomic mass is 19.4. The van der Waals surface area contributed by atoms with Crippen molar-refractivity contribution in [3.8, 4) is 11.4 Å². The van der Waals surface area contributed by atoms with Crippen LogP contribution in [-0.4, -0.2) is 21.0 Å². The SMILES string of the molecule is O=C(Nc1cccc(Nc2nccc(-c3ccc[nH]3)n2)c1)Nc1cc(C(F)(F)F)cc(C(F)(F)F)c1. The van der Waals surface area contributed by atoms with E-state index in [1.807, 2.05) is 17.4 Å². The summed E-state index contributed by atoms with van der Waals surface area (Å²) >= 11 is 0. The van der Waals surface area contributed by atoms with E-state index >= 15 is 0 Å². The minimum atomic E-state index is -5.03. The summed E-state index contributed by atoms with van der Waals surface area (Å²) in [6.07, 6.45) is -6.78. The van der Waals surface area contributed by atoms with Gasteiger partial charge >= 0.3 is 18.4 Å². The first-order chi connectivity index (χ1) is 17.0. The summed E-state index contributed by atoms with van der Waals surface area (Å²) in [5.41, 5.74) is -1.67. The van der Waals surface area contributed by atoms with Gasteiger partial charge < -0.3 is 20.9 Å². The van der Waals surface area contributed by atoms with Crippen molar-refractivity contribution >= 4 is 29.0 Å². The zero-order valence-electron chi connectivity index (χ0n) is 18.0. The van der Waals surface area contributed by atoms with Crippen LogP contribution in [0.4, 0.5) is 54.1 Å². The fourth-order valence-electron chi connectivity index (χ4n) is 3.18. The summed E-state index contributed by atoms with van der Waals surface area (Å²) in [6, 6.07) is 11.3. The number of alkyl halides is 6. The van der Waals surface area contributed by atoms with Gasteiger partial charge in [0.2, 0.25) is 5.95 Å². The average Bonchev–Trinajstić information content (AvgIpc) is 3.33. The van der Waals surface area contributed by atoms with Gasteiger partial charge in [0.1, 0.15) is 0 Å². The third-order valence-corrected chi connectivity index (χ3v) is 4.75. The van der Waals surface area contributed by atoms with Crippen molar-refractivity contribution in [1.82, 2.24) is 15.0 Å². The number of rotatable bonds is 5. The van der Waals surface area contributed by atoms with Crippen molar-refractivity contribution < 1.29 is 31.1 Å². The van der Waals surface area contributed by atoms with E-state index in [0.717, 1.165) is 5.69 Å². The molecular formula is C23H16F6N6O. The molecule has 0 saturated heterocycles. The van der Waals surface area contributed by atoms with Crippen molar-refractivity contribution in [3.05, 3.63) is 84.2 Å². The number of nitrogens with zero attached hydrogens (tertiary/aromatic N) is 2. The van der Waals surface area contributed by atoms with Crippen molar-refractivity contribution in [2.45, 2.75) is 12.4 Å². The quantitative estimate of drug-likeness (QED) is 0.222. The number of hydrogen-bond acceptors (Lipinski definition) is 4. The lowest BCUT2D eigenvalue weighted by molar-refractivity contribution is -0.143. The Morgan fingerprint density at radius 3 is 2.08 bits per heavy atom. The maximum Gasteiger partial charge on any atom is 0.416 e. The van der Waals surface area contributed by atoms with E-state index < -0.39 is 35.2 Å². The number of hydrogen-bond donors (Lipinski definition) is 4. The van der Waals surface area contributed by atoms with Crippen molar-refractivity contribution in [2.24, 2.45) is 0 Å². The van der Waals surface area contributed by atoms with Crippen molar-refractivity contribution in [2.75, 3.05) is 16.0 Å². The molecule has 0 radical (unpaired) electrons. The lowest BCUT2D eigenvalue weighted by Gasteiger charge is -2.15. The average molecular weight is 506 g/mol. The summed E-state index contributed by atoms with van der Waals surface area (Å²) in [5.74, 6) is 0.257. The van der Waals surface area contributed by atoms with Gasteiger partial charge in [-0.1, -0.05) is 6.07 Å². The molecule has 0 atom stereocenters. The zero-order valence-corrected chi connectivity index (χ0v) is 18.0. The molecule has 0 saturated carbocycles. The minimum absolute atomic E-state index is 0.0227. The Hall–Kier alpha value is -4.55. The topological polar surface area (TPSA) is 94.7 Å². The van der Waals surface area contributed by atoms with Gasteiger partial charge in [-0.2, -0.15) is 26.3 Å². The van der Waals surface area contributed by atoms with Crippen molar-refractivity contribution in [3.63, 3.8) is 0 Å². The molecule has 0 unspecified atom stereocenters. The predicted octanol–water partition coefficient (Wildman–Crippen LogP) is 6.90. The molecule has 2 aromatic carbocycles. The third-order valence-electron chi connectivity index (χ3n) is 4.75. The van der Waals surface area contributed by atoms with Crippen LogP contribution in [0.5, 0.6) is 0 Å². The molecular weight excluding hydrogens is 490 g/mol. The molecule has 2 heterocycles. The molecule has 0 aliphatic rings. The number of halogens is 6. The zero-order chi connectivity index (χ0) is 25.9. The summed E-state index contributed by atoms with van der Waals surface area (Å²) in [7, 11) is 0. The molecule has 0 spiro atoms. The van der Waals surface area contributed by atoms with Crippen LogP contribution in [0.15, 0.2) is 73.1 Å². The molecule has 0 aliphatic carbocycles. The molecule has 7 nitrogen and oxygen atoms in total. The summed E-state index contributed by atoms with van der Waals surface area (Å²) < 4.78 is 78.2. The van der Waals surface area contributed by atoms with Gasteiger partial charge in [0, 0.05) is 29.5 Å². The standard InChI is InChI=1S/C23H16F6N6O/c24-22(25,26)13-9-14(23(27,28)29)11-17(10-13)34-21(36)33-16-4-1-3-15(12-16)32-20-31-8-6-19(35-20)18-5-2-7-30-18/h1-12,30H,(H,31,32,35)(H2,33,34,36). The van der Waals surface area contributed by atoms with Gasteiger partial charge in [-0.15, -0.1) is 0 Å². The number of benzene rings is 2. The van der Waals surface area contributed by atoms with Crippen LogP contribution in [0.2, 0.25) is 0 Å². The van der Waals surface area contributed by atoms with E-state index in [4.69, 9.17) is 0 Å². The Kier molecular flexibility index (Phi) is 6.55. The first-order valence-electron chi connectivity index (χ1n) is 10.2. The number of urea groups is 1. The lowest BCUT2D eigenvalue weighted by atomic mass is 10.1. The van der Waals surface area contributed by atoms with Gasteiger partial charge in [-0.3, -0.25) is 0 Å². The number of aromatic nitrogens is 3. The molecule has 0 fully saturated rings. The molecule has 2 aromatic heterocycles. The lowest BCUT2D eigenvalue weighted by Crippen LogP contribution is -2.20. The summed E-state index contributed by atoms with van der Waals surface area (Å²) in [6.45, 7) is 0. The maximum atomic E-state index is 13.0. The van der Waals surface area contributed by atoms with Crippen LogP contribution < -0.4 is 16.0 Å². The van der Waals surface area contributed by atoms with Crippen LogP contribution >= 0.6 is 0 Å². The Balaban J connectivity index is 1.48. The van der Waals surface area contributed by atoms with Gasteiger partial charge in [-0.25, -0.2) is 14.8 Å². The molecule has 0 bridgehead atoms. The smallest absolute Gasteiger partial charge is 0.360 e. The fraction of sp³-hybridized carbons (Fsp3) is 0.0870. The maximum absolute atomic E-state index is 13.0. The van der Waals surface area contributed by atoms with Gasteiger partial charge in [0.25, 0.3) is 0 Å². The second kappa shape index (κ2) is 9.60. The number of anilines is 4. The van der Waals surface area contributed by atoms with Gasteiger partial charge in [0.05, 0.1) is 22.5 Å². The number of aromatic amines is 1. The van der Waals surface area contributed by atoms with E-state index in [1.54, 1.807) is 30.6 Å².